The standard InChI is InChI=1S/C17H32O2S/c18-16-13-9-5-6-10-14-20-17(16,19)15-11-7-3-1-2-4-8-12-15/h15-16,18-19H,1-14H2. The largest absolute Gasteiger partial charge is 0.389 e. The van der Waals surface area contributed by atoms with Crippen molar-refractivity contribution >= 4 is 11.8 Å². The Morgan fingerprint density at radius 2 is 1.20 bits per heavy atom. The molecule has 0 aromatic heterocycles. The minimum Gasteiger partial charge on any atom is -0.389 e. The van der Waals surface area contributed by atoms with Crippen LogP contribution in [0, 0.1) is 5.92 Å². The van der Waals surface area contributed by atoms with Gasteiger partial charge < -0.3 is 10.2 Å². The van der Waals surface area contributed by atoms with Crippen molar-refractivity contribution in [1.29, 1.82) is 0 Å². The molecule has 2 rings (SSSR count). The molecular weight excluding hydrogens is 268 g/mol. The quantitative estimate of drug-likeness (QED) is 0.750. The highest BCUT2D eigenvalue weighted by molar-refractivity contribution is 8.00. The molecule has 1 heterocycles. The molecule has 2 aliphatic rings. The Labute approximate surface area is 128 Å². The van der Waals surface area contributed by atoms with Crippen molar-refractivity contribution < 1.29 is 10.2 Å². The number of thioether (sulfide) groups is 1. The Balaban J connectivity index is 2.04. The second-order valence-electron chi connectivity index (χ2n) is 6.71. The number of hydrogen-bond acceptors (Lipinski definition) is 3. The normalized spacial score (nSPS) is 36.0. The first-order valence-corrected chi connectivity index (χ1v) is 9.76. The molecule has 3 heteroatoms. The van der Waals surface area contributed by atoms with Crippen LogP contribution >= 0.6 is 11.8 Å². The van der Waals surface area contributed by atoms with Crippen LogP contribution in [0.25, 0.3) is 0 Å². The average molecular weight is 301 g/mol. The summed E-state index contributed by atoms with van der Waals surface area (Å²) in [5, 5.41) is 21.8. The summed E-state index contributed by atoms with van der Waals surface area (Å²) in [5.41, 5.74) is 0. The van der Waals surface area contributed by atoms with Gasteiger partial charge in [-0.05, 0) is 37.4 Å². The predicted molar refractivity (Wildman–Crippen MR) is 86.9 cm³/mol. The van der Waals surface area contributed by atoms with E-state index in [1.807, 2.05) is 0 Å². The fourth-order valence-electron chi connectivity index (χ4n) is 3.77. The van der Waals surface area contributed by atoms with E-state index < -0.39 is 11.0 Å². The van der Waals surface area contributed by atoms with Gasteiger partial charge in [0.15, 0.2) is 0 Å². The highest BCUT2D eigenvalue weighted by atomic mass is 32.2. The van der Waals surface area contributed by atoms with Gasteiger partial charge in [0.25, 0.3) is 0 Å². The summed E-state index contributed by atoms with van der Waals surface area (Å²) in [6.45, 7) is 0. The highest BCUT2D eigenvalue weighted by Crippen LogP contribution is 2.43. The molecule has 0 bridgehead atoms. The van der Waals surface area contributed by atoms with E-state index in [1.165, 1.54) is 57.8 Å². The minimum absolute atomic E-state index is 0.290. The van der Waals surface area contributed by atoms with E-state index in [0.717, 1.165) is 31.4 Å². The lowest BCUT2D eigenvalue weighted by Crippen LogP contribution is -2.46. The lowest BCUT2D eigenvalue weighted by molar-refractivity contribution is -0.0540. The molecule has 2 nitrogen and oxygen atoms in total. The highest BCUT2D eigenvalue weighted by Gasteiger charge is 2.42. The molecule has 0 radical (unpaired) electrons. The van der Waals surface area contributed by atoms with Crippen LogP contribution in [-0.4, -0.2) is 27.0 Å². The van der Waals surface area contributed by atoms with Gasteiger partial charge >= 0.3 is 0 Å². The topological polar surface area (TPSA) is 40.5 Å². The second-order valence-corrected chi connectivity index (χ2v) is 8.07. The van der Waals surface area contributed by atoms with Gasteiger partial charge in [-0.1, -0.05) is 57.8 Å². The second kappa shape index (κ2) is 8.65. The van der Waals surface area contributed by atoms with Gasteiger partial charge in [0, 0.05) is 0 Å². The van der Waals surface area contributed by atoms with Crippen molar-refractivity contribution in [2.24, 2.45) is 5.92 Å². The summed E-state index contributed by atoms with van der Waals surface area (Å²) < 4.78 is 0. The number of aliphatic hydroxyl groups excluding tert-OH is 1. The Kier molecular flexibility index (Phi) is 7.20. The van der Waals surface area contributed by atoms with E-state index in [0.29, 0.717) is 5.92 Å². The molecule has 1 saturated carbocycles. The van der Waals surface area contributed by atoms with Crippen LogP contribution in [0.2, 0.25) is 0 Å². The molecule has 2 N–H and O–H groups in total. The first-order chi connectivity index (χ1) is 9.73. The van der Waals surface area contributed by atoms with Crippen LogP contribution in [0.3, 0.4) is 0 Å². The van der Waals surface area contributed by atoms with Crippen LogP contribution in [0.4, 0.5) is 0 Å². The van der Waals surface area contributed by atoms with Crippen molar-refractivity contribution in [3.8, 4) is 0 Å². The van der Waals surface area contributed by atoms with Gasteiger partial charge in [-0.2, -0.15) is 0 Å². The number of aliphatic hydroxyl groups is 2. The molecule has 20 heavy (non-hydrogen) atoms. The number of hydrogen-bond donors (Lipinski definition) is 2. The third-order valence-electron chi connectivity index (χ3n) is 5.12. The summed E-state index contributed by atoms with van der Waals surface area (Å²) in [6, 6.07) is 0. The molecule has 1 aliphatic heterocycles. The average Bonchev–Trinajstić information content (AvgIpc) is 2.63. The Hall–Kier alpha value is 0.270. The zero-order chi connectivity index (χ0) is 14.3. The molecule has 2 fully saturated rings. The van der Waals surface area contributed by atoms with E-state index in [4.69, 9.17) is 0 Å². The third kappa shape index (κ3) is 4.64. The summed E-state index contributed by atoms with van der Waals surface area (Å²) in [5.74, 6) is 1.29. The van der Waals surface area contributed by atoms with Gasteiger partial charge in [-0.25, -0.2) is 0 Å². The fourth-order valence-corrected chi connectivity index (χ4v) is 5.23. The zero-order valence-corrected chi connectivity index (χ0v) is 13.7. The van der Waals surface area contributed by atoms with Gasteiger partial charge in [0.1, 0.15) is 4.93 Å². The molecule has 0 aromatic rings. The fraction of sp³-hybridized carbons (Fsp3) is 1.00. The van der Waals surface area contributed by atoms with Crippen molar-refractivity contribution in [3.05, 3.63) is 0 Å². The van der Waals surface area contributed by atoms with Crippen molar-refractivity contribution in [2.75, 3.05) is 5.75 Å². The van der Waals surface area contributed by atoms with Crippen LogP contribution in [0.5, 0.6) is 0 Å². The van der Waals surface area contributed by atoms with Crippen LogP contribution in [0.15, 0.2) is 0 Å². The maximum Gasteiger partial charge on any atom is 0.139 e. The SMILES string of the molecule is OC1CCCCCCSC1(O)C1CCCCCCCC1. The van der Waals surface area contributed by atoms with Gasteiger partial charge in [-0.15, -0.1) is 11.8 Å². The van der Waals surface area contributed by atoms with Gasteiger partial charge in [-0.3, -0.25) is 0 Å². The maximum absolute atomic E-state index is 11.2. The third-order valence-corrected chi connectivity index (χ3v) is 6.68. The lowest BCUT2D eigenvalue weighted by Gasteiger charge is -2.39. The van der Waals surface area contributed by atoms with E-state index in [2.05, 4.69) is 0 Å². The molecule has 2 atom stereocenters. The molecular formula is C17H32O2S. The summed E-state index contributed by atoms with van der Waals surface area (Å²) in [6.07, 6.45) is 14.9. The van der Waals surface area contributed by atoms with Gasteiger partial charge in [0.05, 0.1) is 6.10 Å². The molecule has 0 aromatic carbocycles. The molecule has 1 aliphatic carbocycles. The zero-order valence-electron chi connectivity index (χ0n) is 12.9. The van der Waals surface area contributed by atoms with Crippen molar-refractivity contribution in [1.82, 2.24) is 0 Å². The summed E-state index contributed by atoms with van der Waals surface area (Å²) in [4.78, 5) is -0.880. The maximum atomic E-state index is 11.2. The van der Waals surface area contributed by atoms with Crippen LogP contribution in [0.1, 0.15) is 83.5 Å². The molecule has 118 valence electrons. The predicted octanol–water partition coefficient (Wildman–Crippen LogP) is 4.48. The molecule has 0 amide bonds. The summed E-state index contributed by atoms with van der Waals surface area (Å²) in [7, 11) is 0. The van der Waals surface area contributed by atoms with Crippen molar-refractivity contribution in [3.63, 3.8) is 0 Å². The first kappa shape index (κ1) is 16.6. The van der Waals surface area contributed by atoms with Crippen LogP contribution < -0.4 is 0 Å². The van der Waals surface area contributed by atoms with E-state index in [-0.39, 0.29) is 0 Å². The first-order valence-electron chi connectivity index (χ1n) is 8.78. The molecule has 0 spiro atoms. The lowest BCUT2D eigenvalue weighted by atomic mass is 9.86. The van der Waals surface area contributed by atoms with Crippen LogP contribution in [-0.2, 0) is 0 Å². The van der Waals surface area contributed by atoms with Gasteiger partial charge in [0.2, 0.25) is 0 Å². The monoisotopic (exact) mass is 300 g/mol. The van der Waals surface area contributed by atoms with E-state index in [1.54, 1.807) is 11.8 Å². The Bertz CT molecular complexity index is 262. The minimum atomic E-state index is -0.880. The van der Waals surface area contributed by atoms with E-state index in [9.17, 15) is 10.2 Å². The Morgan fingerprint density at radius 3 is 1.85 bits per heavy atom. The van der Waals surface area contributed by atoms with E-state index >= 15 is 0 Å². The molecule has 1 saturated heterocycles. The Morgan fingerprint density at radius 1 is 0.700 bits per heavy atom. The molecule has 2 unspecified atom stereocenters. The van der Waals surface area contributed by atoms with Crippen molar-refractivity contribution in [2.45, 2.75) is 94.5 Å². The smallest absolute Gasteiger partial charge is 0.139 e. The summed E-state index contributed by atoms with van der Waals surface area (Å²) >= 11 is 1.66. The number of rotatable bonds is 1.